The molecule has 0 amide bonds. The van der Waals surface area contributed by atoms with E-state index in [0.717, 1.165) is 32.0 Å². The Morgan fingerprint density at radius 2 is 1.88 bits per heavy atom. The molecule has 0 radical (unpaired) electrons. The lowest BCUT2D eigenvalue weighted by Crippen LogP contribution is -2.48. The summed E-state index contributed by atoms with van der Waals surface area (Å²) in [6.45, 7) is 14.7. The van der Waals surface area contributed by atoms with Gasteiger partial charge in [0.25, 0.3) is 0 Å². The van der Waals surface area contributed by atoms with Crippen LogP contribution >= 0.6 is 0 Å². The molecule has 0 spiro atoms. The second-order valence-corrected chi connectivity index (χ2v) is 9.39. The lowest BCUT2D eigenvalue weighted by molar-refractivity contribution is -0.0825. The average molecular weight is 340 g/mol. The predicted molar refractivity (Wildman–Crippen MR) is 96.0 cm³/mol. The first kappa shape index (κ1) is 18.6. The van der Waals surface area contributed by atoms with Crippen LogP contribution in [0.2, 0.25) is 0 Å². The molecule has 3 fully saturated rings. The third-order valence-electron chi connectivity index (χ3n) is 7.45. The van der Waals surface area contributed by atoms with Crippen molar-refractivity contribution in [3.8, 4) is 0 Å². The lowest BCUT2D eigenvalue weighted by atomic mass is 9.70. The van der Waals surface area contributed by atoms with E-state index in [1.54, 1.807) is 0 Å². The van der Waals surface area contributed by atoms with Gasteiger partial charge >= 0.3 is 0 Å². The van der Waals surface area contributed by atoms with Crippen molar-refractivity contribution in [1.82, 2.24) is 4.90 Å². The van der Waals surface area contributed by atoms with Crippen LogP contribution in [0.1, 0.15) is 60.3 Å². The summed E-state index contributed by atoms with van der Waals surface area (Å²) in [6.07, 6.45) is 5.18. The van der Waals surface area contributed by atoms with E-state index in [1.165, 1.54) is 19.3 Å². The van der Waals surface area contributed by atoms with Gasteiger partial charge in [0.15, 0.2) is 0 Å². The van der Waals surface area contributed by atoms with Gasteiger partial charge in [-0.15, -0.1) is 0 Å². The number of nitrogens with zero attached hydrogens (tertiary/aromatic N) is 1. The molecule has 2 aliphatic carbocycles. The zero-order valence-electron chi connectivity index (χ0n) is 16.3. The van der Waals surface area contributed by atoms with Gasteiger partial charge in [-0.1, -0.05) is 20.8 Å². The summed E-state index contributed by atoms with van der Waals surface area (Å²) in [6, 6.07) is 0. The van der Waals surface area contributed by atoms with Gasteiger partial charge in [0, 0.05) is 26.2 Å². The molecule has 140 valence electrons. The SMILES string of the molecule is C[C@@H]1CN(C[C@H](O)CCO[C@H]2C[C@H]3CC[C@@]2(C)C3(C)C)C[C@@H](C)O1. The van der Waals surface area contributed by atoms with Crippen LogP contribution in [0.5, 0.6) is 0 Å². The van der Waals surface area contributed by atoms with Crippen LogP contribution in [0.15, 0.2) is 0 Å². The molecule has 6 atom stereocenters. The molecule has 24 heavy (non-hydrogen) atoms. The van der Waals surface area contributed by atoms with Gasteiger partial charge in [0.05, 0.1) is 24.4 Å². The minimum atomic E-state index is -0.304. The molecule has 0 aromatic carbocycles. The summed E-state index contributed by atoms with van der Waals surface area (Å²) < 4.78 is 12.0. The van der Waals surface area contributed by atoms with Crippen molar-refractivity contribution in [2.24, 2.45) is 16.7 Å². The number of hydrogen-bond acceptors (Lipinski definition) is 4. The molecular weight excluding hydrogens is 302 g/mol. The molecule has 4 heteroatoms. The number of ether oxygens (including phenoxy) is 2. The first-order chi connectivity index (χ1) is 11.2. The van der Waals surface area contributed by atoms with Crippen LogP contribution in [-0.2, 0) is 9.47 Å². The maximum atomic E-state index is 10.4. The molecule has 1 N–H and O–H groups in total. The highest BCUT2D eigenvalue weighted by Gasteiger charge is 2.61. The van der Waals surface area contributed by atoms with E-state index in [1.807, 2.05) is 0 Å². The average Bonchev–Trinajstić information content (AvgIpc) is 2.79. The molecule has 1 heterocycles. The van der Waals surface area contributed by atoms with Crippen LogP contribution in [-0.4, -0.2) is 60.7 Å². The number of hydrogen-bond donors (Lipinski definition) is 1. The molecule has 1 saturated heterocycles. The highest BCUT2D eigenvalue weighted by molar-refractivity contribution is 5.11. The van der Waals surface area contributed by atoms with Crippen LogP contribution in [0.3, 0.4) is 0 Å². The maximum absolute atomic E-state index is 10.4. The zero-order valence-corrected chi connectivity index (χ0v) is 16.3. The minimum Gasteiger partial charge on any atom is -0.392 e. The normalized spacial score (nSPS) is 43.2. The third-order valence-corrected chi connectivity index (χ3v) is 7.45. The predicted octanol–water partition coefficient (Wildman–Crippen LogP) is 3.08. The van der Waals surface area contributed by atoms with Crippen molar-refractivity contribution >= 4 is 0 Å². The molecule has 3 rings (SSSR count). The second-order valence-electron chi connectivity index (χ2n) is 9.39. The van der Waals surface area contributed by atoms with Crippen molar-refractivity contribution < 1.29 is 14.6 Å². The molecule has 0 aromatic rings. The number of β-amino-alcohol motifs (C(OH)–C–C–N with tert-alkyl or cyclic N) is 1. The van der Waals surface area contributed by atoms with E-state index >= 15 is 0 Å². The van der Waals surface area contributed by atoms with Crippen molar-refractivity contribution in [1.29, 1.82) is 0 Å². The Kier molecular flexibility index (Phi) is 5.33. The van der Waals surface area contributed by atoms with Gasteiger partial charge in [-0.25, -0.2) is 0 Å². The van der Waals surface area contributed by atoms with Gasteiger partial charge in [-0.2, -0.15) is 0 Å². The minimum absolute atomic E-state index is 0.258. The standard InChI is InChI=1S/C20H37NO3/c1-14-11-21(12-15(2)24-14)13-17(22)7-9-23-18-10-16-6-8-20(18,5)19(16,3)4/h14-18,22H,6-13H2,1-5H3/t14-,15-,16-,17-,18+,20-/m1/s1. The first-order valence-electron chi connectivity index (χ1n) is 9.90. The zero-order chi connectivity index (χ0) is 17.5. The fourth-order valence-electron chi connectivity index (χ4n) is 5.55. The molecule has 4 nitrogen and oxygen atoms in total. The van der Waals surface area contributed by atoms with Gasteiger partial charge < -0.3 is 14.6 Å². The second kappa shape index (κ2) is 6.86. The van der Waals surface area contributed by atoms with Crippen molar-refractivity contribution in [2.75, 3.05) is 26.2 Å². The molecule has 3 aliphatic rings. The van der Waals surface area contributed by atoms with Crippen LogP contribution in [0.25, 0.3) is 0 Å². The molecule has 2 bridgehead atoms. The lowest BCUT2D eigenvalue weighted by Gasteiger charge is -2.39. The summed E-state index contributed by atoms with van der Waals surface area (Å²) in [5, 5.41) is 10.4. The Morgan fingerprint density at radius 3 is 2.42 bits per heavy atom. The molecule has 1 aliphatic heterocycles. The fourth-order valence-corrected chi connectivity index (χ4v) is 5.55. The first-order valence-corrected chi connectivity index (χ1v) is 9.90. The van der Waals surface area contributed by atoms with E-state index in [2.05, 4.69) is 39.5 Å². The van der Waals surface area contributed by atoms with E-state index in [9.17, 15) is 5.11 Å². The largest absolute Gasteiger partial charge is 0.392 e. The van der Waals surface area contributed by atoms with E-state index in [-0.39, 0.29) is 18.3 Å². The summed E-state index contributed by atoms with van der Waals surface area (Å²) in [5.74, 6) is 0.814. The Labute approximate surface area is 147 Å². The quantitative estimate of drug-likeness (QED) is 0.807. The fraction of sp³-hybridized carbons (Fsp3) is 1.00. The monoisotopic (exact) mass is 339 g/mol. The van der Waals surface area contributed by atoms with Crippen LogP contribution < -0.4 is 0 Å². The van der Waals surface area contributed by atoms with Crippen LogP contribution in [0, 0.1) is 16.7 Å². The Balaban J connectivity index is 1.41. The summed E-state index contributed by atoms with van der Waals surface area (Å²) in [4.78, 5) is 2.32. The Morgan fingerprint density at radius 1 is 1.21 bits per heavy atom. The van der Waals surface area contributed by atoms with Crippen LogP contribution in [0.4, 0.5) is 0 Å². The summed E-state index contributed by atoms with van der Waals surface area (Å²) >= 11 is 0. The number of morpholine rings is 1. The summed E-state index contributed by atoms with van der Waals surface area (Å²) in [7, 11) is 0. The number of aliphatic hydroxyl groups is 1. The number of aliphatic hydroxyl groups excluding tert-OH is 1. The van der Waals surface area contributed by atoms with E-state index in [0.29, 0.717) is 23.5 Å². The highest BCUT2D eigenvalue weighted by Crippen LogP contribution is 2.66. The van der Waals surface area contributed by atoms with Gasteiger partial charge in [-0.05, 0) is 56.3 Å². The van der Waals surface area contributed by atoms with E-state index in [4.69, 9.17) is 9.47 Å². The van der Waals surface area contributed by atoms with E-state index < -0.39 is 0 Å². The number of fused-ring (bicyclic) bond motifs is 2. The molecule has 0 unspecified atom stereocenters. The van der Waals surface area contributed by atoms with Crippen molar-refractivity contribution in [3.05, 3.63) is 0 Å². The van der Waals surface area contributed by atoms with Crippen molar-refractivity contribution in [2.45, 2.75) is 84.7 Å². The Hall–Kier alpha value is -0.160. The topological polar surface area (TPSA) is 41.9 Å². The van der Waals surface area contributed by atoms with Gasteiger partial charge in [0.1, 0.15) is 0 Å². The Bertz CT molecular complexity index is 431. The van der Waals surface area contributed by atoms with Crippen molar-refractivity contribution in [3.63, 3.8) is 0 Å². The molecule has 2 saturated carbocycles. The number of rotatable bonds is 6. The third kappa shape index (κ3) is 3.40. The molecule has 0 aromatic heterocycles. The van der Waals surface area contributed by atoms with Gasteiger partial charge in [-0.3, -0.25) is 4.90 Å². The van der Waals surface area contributed by atoms with Gasteiger partial charge in [0.2, 0.25) is 0 Å². The molecular formula is C20H37NO3. The highest BCUT2D eigenvalue weighted by atomic mass is 16.5. The summed E-state index contributed by atoms with van der Waals surface area (Å²) in [5.41, 5.74) is 0.716. The maximum Gasteiger partial charge on any atom is 0.0689 e. The smallest absolute Gasteiger partial charge is 0.0689 e.